The summed E-state index contributed by atoms with van der Waals surface area (Å²) in [5, 5.41) is 0. The van der Waals surface area contributed by atoms with Crippen LogP contribution in [-0.4, -0.2) is 41.9 Å². The van der Waals surface area contributed by atoms with E-state index in [4.69, 9.17) is 0 Å². The number of piperidine rings is 1. The van der Waals surface area contributed by atoms with Crippen molar-refractivity contribution in [2.45, 2.75) is 19.3 Å². The third-order valence-corrected chi connectivity index (χ3v) is 4.67. The summed E-state index contributed by atoms with van der Waals surface area (Å²) in [7, 11) is -3.73. The topological polar surface area (TPSA) is 79.6 Å². The molecule has 0 unspecified atom stereocenters. The van der Waals surface area contributed by atoms with Gasteiger partial charge in [0.15, 0.2) is 0 Å². The van der Waals surface area contributed by atoms with Crippen molar-refractivity contribution in [3.63, 3.8) is 0 Å². The Morgan fingerprint density at radius 3 is 2.67 bits per heavy atom. The number of hydrogen-bond donors (Lipinski definition) is 1. The fraction of sp³-hybridized carbons (Fsp3) is 0.385. The van der Waals surface area contributed by atoms with E-state index in [1.54, 1.807) is 4.57 Å². The molecular formula is C13H15N5O2S. The number of anilines is 1. The number of rotatable bonds is 0. The van der Waals surface area contributed by atoms with Gasteiger partial charge in [0.1, 0.15) is 0 Å². The average Bonchev–Trinajstić information content (AvgIpc) is 2.83. The zero-order chi connectivity index (χ0) is 14.4. The summed E-state index contributed by atoms with van der Waals surface area (Å²) in [4.78, 5) is 6.39. The number of hydrogen-bond acceptors (Lipinski definition) is 4. The maximum absolute atomic E-state index is 12.0. The minimum atomic E-state index is -3.73. The normalized spacial score (nSPS) is 20.8. The van der Waals surface area contributed by atoms with Gasteiger partial charge in [-0.05, 0) is 31.4 Å². The van der Waals surface area contributed by atoms with Crippen molar-refractivity contribution in [1.82, 2.24) is 14.5 Å². The van der Waals surface area contributed by atoms with E-state index < -0.39 is 10.2 Å². The Balaban J connectivity index is 1.94. The number of fused-ring (bicyclic) bond motifs is 3. The highest BCUT2D eigenvalue weighted by Crippen LogP contribution is 2.26. The molecule has 110 valence electrons. The van der Waals surface area contributed by atoms with E-state index in [9.17, 15) is 8.42 Å². The zero-order valence-corrected chi connectivity index (χ0v) is 12.2. The first-order valence-electron chi connectivity index (χ1n) is 7.00. The number of nitrogens with zero attached hydrogens (tertiary/aromatic N) is 4. The molecule has 7 nitrogen and oxygen atoms in total. The Kier molecular flexibility index (Phi) is 2.68. The molecule has 3 heterocycles. The van der Waals surface area contributed by atoms with Crippen molar-refractivity contribution in [2.24, 2.45) is 4.40 Å². The van der Waals surface area contributed by atoms with Crippen LogP contribution in [0.3, 0.4) is 0 Å². The fourth-order valence-electron chi connectivity index (χ4n) is 2.88. The van der Waals surface area contributed by atoms with Gasteiger partial charge in [-0.2, -0.15) is 8.42 Å². The third-order valence-electron chi connectivity index (χ3n) is 3.82. The van der Waals surface area contributed by atoms with Gasteiger partial charge in [0.25, 0.3) is 0 Å². The molecule has 21 heavy (non-hydrogen) atoms. The van der Waals surface area contributed by atoms with Gasteiger partial charge in [0, 0.05) is 13.1 Å². The molecule has 2 aliphatic rings. The summed E-state index contributed by atoms with van der Waals surface area (Å²) in [5.74, 6) is 0.768. The molecule has 0 radical (unpaired) electrons. The average molecular weight is 305 g/mol. The molecule has 1 aromatic carbocycles. The molecule has 0 aliphatic carbocycles. The second-order valence-electron chi connectivity index (χ2n) is 5.28. The van der Waals surface area contributed by atoms with Crippen LogP contribution in [0.25, 0.3) is 11.0 Å². The molecule has 0 spiro atoms. The quantitative estimate of drug-likeness (QED) is 0.798. The molecule has 0 amide bonds. The maximum Gasteiger partial charge on any atom is 0.347 e. The van der Waals surface area contributed by atoms with Crippen molar-refractivity contribution >= 4 is 33.2 Å². The third kappa shape index (κ3) is 2.06. The van der Waals surface area contributed by atoms with Crippen LogP contribution >= 0.6 is 0 Å². The van der Waals surface area contributed by atoms with E-state index in [0.29, 0.717) is 11.9 Å². The monoisotopic (exact) mass is 305 g/mol. The van der Waals surface area contributed by atoms with Gasteiger partial charge in [0.05, 0.1) is 11.0 Å². The Labute approximate surface area is 122 Å². The van der Waals surface area contributed by atoms with Crippen LogP contribution in [0.15, 0.2) is 28.7 Å². The van der Waals surface area contributed by atoms with Crippen LogP contribution in [0.4, 0.5) is 5.95 Å². The predicted molar refractivity (Wildman–Crippen MR) is 80.5 cm³/mol. The van der Waals surface area contributed by atoms with E-state index in [0.717, 1.165) is 37.0 Å². The lowest BCUT2D eigenvalue weighted by Crippen LogP contribution is -2.43. The number of benzene rings is 1. The Morgan fingerprint density at radius 2 is 1.86 bits per heavy atom. The summed E-state index contributed by atoms with van der Waals surface area (Å²) in [5.41, 5.74) is 1.61. The summed E-state index contributed by atoms with van der Waals surface area (Å²) in [6.07, 6.45) is 3.27. The highest BCUT2D eigenvalue weighted by Gasteiger charge is 2.29. The van der Waals surface area contributed by atoms with Crippen molar-refractivity contribution in [3.05, 3.63) is 24.3 Å². The van der Waals surface area contributed by atoms with Crippen LogP contribution < -0.4 is 4.72 Å². The number of nitrogens with one attached hydrogen (secondary N) is 1. The molecule has 1 aromatic heterocycles. The molecule has 4 rings (SSSR count). The Bertz CT molecular complexity index is 833. The molecule has 0 bridgehead atoms. The van der Waals surface area contributed by atoms with Crippen LogP contribution in [0.2, 0.25) is 0 Å². The first-order valence-corrected chi connectivity index (χ1v) is 8.44. The Hall–Kier alpha value is -2.09. The minimum Gasteiger partial charge on any atom is -0.341 e. The van der Waals surface area contributed by atoms with Gasteiger partial charge >= 0.3 is 10.2 Å². The second-order valence-corrected chi connectivity index (χ2v) is 6.61. The van der Waals surface area contributed by atoms with Gasteiger partial charge in [-0.3, -0.25) is 0 Å². The molecular weight excluding hydrogens is 290 g/mol. The molecule has 0 atom stereocenters. The van der Waals surface area contributed by atoms with Crippen molar-refractivity contribution in [2.75, 3.05) is 17.8 Å². The molecule has 1 fully saturated rings. The minimum absolute atomic E-state index is 0.312. The smallest absolute Gasteiger partial charge is 0.341 e. The molecule has 0 saturated carbocycles. The largest absolute Gasteiger partial charge is 0.347 e. The summed E-state index contributed by atoms with van der Waals surface area (Å²) >= 11 is 0. The molecule has 2 aliphatic heterocycles. The number of para-hydroxylation sites is 2. The lowest BCUT2D eigenvalue weighted by atomic mass is 10.1. The molecule has 2 aromatic rings. The van der Waals surface area contributed by atoms with Gasteiger partial charge in [-0.25, -0.2) is 14.3 Å². The second kappa shape index (κ2) is 4.45. The lowest BCUT2D eigenvalue weighted by Gasteiger charge is -2.31. The van der Waals surface area contributed by atoms with Crippen LogP contribution in [0, 0.1) is 0 Å². The summed E-state index contributed by atoms with van der Waals surface area (Å²) in [6, 6.07) is 7.58. The SMILES string of the molecule is O=S1(=O)N=C(N2CCCCC2)n2c(nc3ccccc32)N1. The molecule has 1 saturated heterocycles. The fourth-order valence-corrected chi connectivity index (χ4v) is 3.70. The number of aromatic nitrogens is 2. The van der Waals surface area contributed by atoms with Gasteiger partial charge < -0.3 is 4.90 Å². The first kappa shape index (κ1) is 12.6. The van der Waals surface area contributed by atoms with Crippen LogP contribution in [0.1, 0.15) is 19.3 Å². The van der Waals surface area contributed by atoms with Crippen LogP contribution in [0.5, 0.6) is 0 Å². The van der Waals surface area contributed by atoms with E-state index >= 15 is 0 Å². The van der Waals surface area contributed by atoms with Crippen molar-refractivity contribution in [1.29, 1.82) is 0 Å². The van der Waals surface area contributed by atoms with E-state index in [1.165, 1.54) is 6.42 Å². The maximum atomic E-state index is 12.0. The highest BCUT2D eigenvalue weighted by atomic mass is 32.2. The molecule has 1 N–H and O–H groups in total. The lowest BCUT2D eigenvalue weighted by molar-refractivity contribution is 0.335. The van der Waals surface area contributed by atoms with Crippen molar-refractivity contribution in [3.8, 4) is 0 Å². The Morgan fingerprint density at radius 1 is 1.10 bits per heavy atom. The van der Waals surface area contributed by atoms with Gasteiger partial charge in [-0.15, -0.1) is 4.40 Å². The first-order chi connectivity index (χ1) is 10.1. The summed E-state index contributed by atoms with van der Waals surface area (Å²) < 4.78 is 32.1. The predicted octanol–water partition coefficient (Wildman–Crippen LogP) is 1.40. The number of imidazole rings is 1. The van der Waals surface area contributed by atoms with E-state index in [1.807, 2.05) is 29.2 Å². The van der Waals surface area contributed by atoms with Crippen molar-refractivity contribution < 1.29 is 8.42 Å². The molecule has 8 heteroatoms. The van der Waals surface area contributed by atoms with E-state index in [-0.39, 0.29) is 0 Å². The van der Waals surface area contributed by atoms with Gasteiger partial charge in [-0.1, -0.05) is 12.1 Å². The number of likely N-dealkylation sites (tertiary alicyclic amines) is 1. The van der Waals surface area contributed by atoms with Gasteiger partial charge in [0.2, 0.25) is 11.9 Å². The van der Waals surface area contributed by atoms with E-state index in [2.05, 4.69) is 14.1 Å². The zero-order valence-electron chi connectivity index (χ0n) is 11.4. The highest BCUT2D eigenvalue weighted by molar-refractivity contribution is 7.91. The standard InChI is InChI=1S/C13H15N5O2S/c19-21(20)15-12-14-10-6-2-3-7-11(10)18(12)13(16-21)17-8-4-1-5-9-17/h2-3,6-7H,1,4-5,8-9H2,(H,14,15). The van der Waals surface area contributed by atoms with Crippen LogP contribution in [-0.2, 0) is 10.2 Å². The summed E-state index contributed by atoms with van der Waals surface area (Å²) in [6.45, 7) is 1.64.